The van der Waals surface area contributed by atoms with E-state index in [0.29, 0.717) is 11.3 Å². The molecular formula is C9H19NOS. The average Bonchev–Trinajstić information content (AvgIpc) is 2.16. The van der Waals surface area contributed by atoms with Gasteiger partial charge in [0.1, 0.15) is 0 Å². The van der Waals surface area contributed by atoms with Gasteiger partial charge in [-0.05, 0) is 19.3 Å². The van der Waals surface area contributed by atoms with Crippen LogP contribution in [-0.2, 0) is 4.74 Å². The molecular weight excluding hydrogens is 170 g/mol. The highest BCUT2D eigenvalue weighted by atomic mass is 32.2. The topological polar surface area (TPSA) is 35.2 Å². The molecule has 2 nitrogen and oxygen atoms in total. The van der Waals surface area contributed by atoms with Crippen molar-refractivity contribution in [2.24, 2.45) is 5.73 Å². The molecule has 0 radical (unpaired) electrons. The van der Waals surface area contributed by atoms with Crippen LogP contribution in [0.25, 0.3) is 0 Å². The molecule has 1 rings (SSSR count). The predicted molar refractivity (Wildman–Crippen MR) is 54.6 cm³/mol. The Hall–Kier alpha value is 0.270. The van der Waals surface area contributed by atoms with Crippen molar-refractivity contribution in [1.29, 1.82) is 0 Å². The van der Waals surface area contributed by atoms with Crippen LogP contribution in [0.3, 0.4) is 0 Å². The molecule has 1 fully saturated rings. The number of hydrogen-bond donors (Lipinski definition) is 1. The highest BCUT2D eigenvalue weighted by molar-refractivity contribution is 7.99. The van der Waals surface area contributed by atoms with Gasteiger partial charge in [0.2, 0.25) is 0 Å². The molecule has 0 aromatic rings. The molecule has 3 heteroatoms. The summed E-state index contributed by atoms with van der Waals surface area (Å²) < 4.78 is 5.39. The van der Waals surface area contributed by atoms with E-state index in [2.05, 4.69) is 6.92 Å². The molecule has 1 aliphatic rings. The zero-order valence-corrected chi connectivity index (χ0v) is 8.61. The van der Waals surface area contributed by atoms with Gasteiger partial charge >= 0.3 is 0 Å². The first-order chi connectivity index (χ1) is 5.83. The van der Waals surface area contributed by atoms with Gasteiger partial charge in [0.25, 0.3) is 0 Å². The third kappa shape index (κ3) is 3.78. The number of nitrogens with two attached hydrogens (primary N) is 1. The minimum atomic E-state index is 0.372. The van der Waals surface area contributed by atoms with Gasteiger partial charge in [-0.25, -0.2) is 0 Å². The van der Waals surface area contributed by atoms with Crippen molar-refractivity contribution in [3.63, 3.8) is 0 Å². The first kappa shape index (κ1) is 10.4. The molecule has 1 heterocycles. The van der Waals surface area contributed by atoms with Crippen molar-refractivity contribution in [2.75, 3.05) is 19.0 Å². The number of ether oxygens (including phenoxy) is 1. The van der Waals surface area contributed by atoms with Crippen molar-refractivity contribution in [1.82, 2.24) is 0 Å². The largest absolute Gasteiger partial charge is 0.380 e. The van der Waals surface area contributed by atoms with Crippen LogP contribution < -0.4 is 5.73 Å². The van der Waals surface area contributed by atoms with E-state index in [1.165, 1.54) is 12.8 Å². The molecule has 0 bridgehead atoms. The lowest BCUT2D eigenvalue weighted by Gasteiger charge is -2.22. The molecule has 0 aromatic heterocycles. The SMILES string of the molecule is CCC(N)CSC1CCCOC1. The molecule has 1 aliphatic heterocycles. The van der Waals surface area contributed by atoms with Crippen LogP contribution in [0, 0.1) is 0 Å². The molecule has 2 N–H and O–H groups in total. The molecule has 0 spiro atoms. The first-order valence-corrected chi connectivity index (χ1v) is 5.82. The van der Waals surface area contributed by atoms with E-state index >= 15 is 0 Å². The van der Waals surface area contributed by atoms with Crippen LogP contribution in [0.1, 0.15) is 26.2 Å². The zero-order chi connectivity index (χ0) is 8.81. The summed E-state index contributed by atoms with van der Waals surface area (Å²) in [4.78, 5) is 0. The molecule has 72 valence electrons. The van der Waals surface area contributed by atoms with E-state index < -0.39 is 0 Å². The molecule has 1 saturated heterocycles. The van der Waals surface area contributed by atoms with Crippen LogP contribution in [-0.4, -0.2) is 30.3 Å². The molecule has 0 amide bonds. The standard InChI is InChI=1S/C9H19NOS/c1-2-8(10)7-12-9-4-3-5-11-6-9/h8-9H,2-7,10H2,1H3. The Bertz CT molecular complexity index is 115. The summed E-state index contributed by atoms with van der Waals surface area (Å²) in [5.74, 6) is 1.09. The Kier molecular flexibility index (Phi) is 5.04. The van der Waals surface area contributed by atoms with Gasteiger partial charge in [0.15, 0.2) is 0 Å². The monoisotopic (exact) mass is 189 g/mol. The maximum atomic E-state index is 5.83. The average molecular weight is 189 g/mol. The fourth-order valence-electron chi connectivity index (χ4n) is 1.22. The van der Waals surface area contributed by atoms with Crippen molar-refractivity contribution in [3.8, 4) is 0 Å². The smallest absolute Gasteiger partial charge is 0.0585 e. The van der Waals surface area contributed by atoms with E-state index in [-0.39, 0.29) is 0 Å². The van der Waals surface area contributed by atoms with Crippen molar-refractivity contribution in [3.05, 3.63) is 0 Å². The van der Waals surface area contributed by atoms with Gasteiger partial charge in [-0.3, -0.25) is 0 Å². The van der Waals surface area contributed by atoms with Crippen LogP contribution in [0.2, 0.25) is 0 Å². The summed E-state index contributed by atoms with van der Waals surface area (Å²) in [5, 5.41) is 0.705. The minimum Gasteiger partial charge on any atom is -0.380 e. The summed E-state index contributed by atoms with van der Waals surface area (Å²) in [6, 6.07) is 0.372. The third-order valence-electron chi connectivity index (χ3n) is 2.19. The van der Waals surface area contributed by atoms with Crippen LogP contribution in [0.5, 0.6) is 0 Å². The molecule has 0 saturated carbocycles. The van der Waals surface area contributed by atoms with Crippen molar-refractivity contribution < 1.29 is 4.74 Å². The zero-order valence-electron chi connectivity index (χ0n) is 7.79. The molecule has 2 unspecified atom stereocenters. The van der Waals surface area contributed by atoms with Crippen LogP contribution >= 0.6 is 11.8 Å². The second kappa shape index (κ2) is 5.84. The van der Waals surface area contributed by atoms with Crippen molar-refractivity contribution in [2.45, 2.75) is 37.5 Å². The lowest BCUT2D eigenvalue weighted by molar-refractivity contribution is 0.101. The lowest BCUT2D eigenvalue weighted by Crippen LogP contribution is -2.26. The second-order valence-corrected chi connectivity index (χ2v) is 4.67. The summed E-state index contributed by atoms with van der Waals surface area (Å²) >= 11 is 1.98. The summed E-state index contributed by atoms with van der Waals surface area (Å²) in [6.45, 7) is 4.03. The van der Waals surface area contributed by atoms with Gasteiger partial charge in [-0.2, -0.15) is 11.8 Å². The van der Waals surface area contributed by atoms with Gasteiger partial charge in [-0.15, -0.1) is 0 Å². The quantitative estimate of drug-likeness (QED) is 0.730. The van der Waals surface area contributed by atoms with E-state index in [1.54, 1.807) is 0 Å². The Morgan fingerprint density at radius 2 is 2.50 bits per heavy atom. The minimum absolute atomic E-state index is 0.372. The Morgan fingerprint density at radius 3 is 3.08 bits per heavy atom. The van der Waals surface area contributed by atoms with Gasteiger partial charge in [0, 0.05) is 23.7 Å². The normalized spacial score (nSPS) is 27.0. The predicted octanol–water partition coefficient (Wildman–Crippen LogP) is 1.64. The lowest BCUT2D eigenvalue weighted by atomic mass is 10.2. The number of thioether (sulfide) groups is 1. The Balaban J connectivity index is 2.05. The molecule has 12 heavy (non-hydrogen) atoms. The summed E-state index contributed by atoms with van der Waals surface area (Å²) in [5.41, 5.74) is 5.83. The Labute approximate surface area is 79.2 Å². The van der Waals surface area contributed by atoms with E-state index in [1.807, 2.05) is 11.8 Å². The number of rotatable bonds is 4. The van der Waals surface area contributed by atoms with Gasteiger partial charge < -0.3 is 10.5 Å². The van der Waals surface area contributed by atoms with Gasteiger partial charge in [0.05, 0.1) is 6.61 Å². The van der Waals surface area contributed by atoms with Crippen LogP contribution in [0.15, 0.2) is 0 Å². The van der Waals surface area contributed by atoms with E-state index in [0.717, 1.165) is 25.4 Å². The van der Waals surface area contributed by atoms with E-state index in [4.69, 9.17) is 10.5 Å². The maximum Gasteiger partial charge on any atom is 0.0585 e. The Morgan fingerprint density at radius 1 is 1.67 bits per heavy atom. The van der Waals surface area contributed by atoms with Crippen molar-refractivity contribution >= 4 is 11.8 Å². The highest BCUT2D eigenvalue weighted by Crippen LogP contribution is 2.21. The third-order valence-corrected chi connectivity index (χ3v) is 3.65. The number of hydrogen-bond acceptors (Lipinski definition) is 3. The second-order valence-electron chi connectivity index (χ2n) is 3.34. The fraction of sp³-hybridized carbons (Fsp3) is 1.00. The summed E-state index contributed by atoms with van der Waals surface area (Å²) in [6.07, 6.45) is 3.61. The molecule has 2 atom stereocenters. The maximum absolute atomic E-state index is 5.83. The van der Waals surface area contributed by atoms with Gasteiger partial charge in [-0.1, -0.05) is 6.92 Å². The summed E-state index contributed by atoms with van der Waals surface area (Å²) in [7, 11) is 0. The first-order valence-electron chi connectivity index (χ1n) is 4.78. The molecule has 0 aliphatic carbocycles. The van der Waals surface area contributed by atoms with E-state index in [9.17, 15) is 0 Å². The highest BCUT2D eigenvalue weighted by Gasteiger charge is 2.14. The van der Waals surface area contributed by atoms with Crippen LogP contribution in [0.4, 0.5) is 0 Å². The molecule has 0 aromatic carbocycles. The fourth-order valence-corrected chi connectivity index (χ4v) is 2.50.